The second-order valence-electron chi connectivity index (χ2n) is 8.05. The predicted molar refractivity (Wildman–Crippen MR) is 137 cm³/mol. The van der Waals surface area contributed by atoms with Crippen molar-refractivity contribution in [2.24, 2.45) is 7.05 Å². The molecule has 2 aromatic carbocycles. The minimum absolute atomic E-state index is 0.277. The summed E-state index contributed by atoms with van der Waals surface area (Å²) in [5, 5.41) is 3.47. The van der Waals surface area contributed by atoms with E-state index in [1.807, 2.05) is 38.4 Å². The van der Waals surface area contributed by atoms with E-state index >= 15 is 0 Å². The molecule has 11 heteroatoms. The van der Waals surface area contributed by atoms with Crippen LogP contribution in [-0.4, -0.2) is 59.8 Å². The molecule has 0 amide bonds. The summed E-state index contributed by atoms with van der Waals surface area (Å²) in [6.45, 7) is 2.30. The average Bonchev–Trinajstić information content (AvgIpc) is 3.18. The van der Waals surface area contributed by atoms with Crippen LogP contribution in [0.3, 0.4) is 0 Å². The number of benzene rings is 2. The Morgan fingerprint density at radius 1 is 0.971 bits per heavy atom. The molecule has 0 aliphatic carbocycles. The van der Waals surface area contributed by atoms with Gasteiger partial charge in [0, 0.05) is 30.3 Å². The molecule has 3 heterocycles. The Bertz CT molecular complexity index is 1610. The first-order valence-electron chi connectivity index (χ1n) is 10.9. The van der Waals surface area contributed by atoms with E-state index in [1.165, 1.54) is 4.57 Å². The summed E-state index contributed by atoms with van der Waals surface area (Å²) in [5.41, 5.74) is 2.84. The van der Waals surface area contributed by atoms with Crippen molar-refractivity contribution >= 4 is 45.6 Å². The summed E-state index contributed by atoms with van der Waals surface area (Å²) in [7, 11) is 18.4. The van der Waals surface area contributed by atoms with Crippen LogP contribution >= 0.6 is 0 Å². The summed E-state index contributed by atoms with van der Waals surface area (Å²) >= 11 is 0. The first kappa shape index (κ1) is 22.8. The highest BCUT2D eigenvalue weighted by Gasteiger charge is 2.18. The maximum Gasteiger partial charge on any atom is 0.283 e. The molecule has 166 valence electrons. The monoisotopic (exact) mass is 457 g/mol. The van der Waals surface area contributed by atoms with Crippen molar-refractivity contribution in [1.82, 2.24) is 24.3 Å². The highest BCUT2D eigenvalue weighted by Crippen LogP contribution is 2.25. The third-order valence-electron chi connectivity index (χ3n) is 5.25. The molecule has 0 saturated carbocycles. The minimum Gasteiger partial charge on any atom is -0.516 e. The molecule has 5 aromatic rings. The van der Waals surface area contributed by atoms with E-state index in [0.717, 1.165) is 10.9 Å². The van der Waals surface area contributed by atoms with Gasteiger partial charge in [0.05, 0.1) is 17.8 Å². The van der Waals surface area contributed by atoms with Crippen LogP contribution in [-0.2, 0) is 7.05 Å². The highest BCUT2D eigenvalue weighted by atomic mass is 16.5. The number of hydrogen-bond donors (Lipinski definition) is 0. The number of rotatable bonds is 6. The van der Waals surface area contributed by atoms with Gasteiger partial charge in [0.25, 0.3) is 5.56 Å². The lowest BCUT2D eigenvalue weighted by atomic mass is 9.52. The number of fused-ring (bicyclic) bond motifs is 2. The molecule has 5 rings (SSSR count). The van der Waals surface area contributed by atoms with Gasteiger partial charge in [0.1, 0.15) is 40.5 Å². The van der Waals surface area contributed by atoms with Crippen molar-refractivity contribution in [3.8, 4) is 28.6 Å². The molecule has 0 spiro atoms. The van der Waals surface area contributed by atoms with Crippen molar-refractivity contribution in [3.63, 3.8) is 0 Å². The Hall–Kier alpha value is -4.01. The quantitative estimate of drug-likeness (QED) is 0.364. The lowest BCUT2D eigenvalue weighted by molar-refractivity contribution is 0.318. The summed E-state index contributed by atoms with van der Waals surface area (Å²) in [6, 6.07) is 15.7. The first-order chi connectivity index (χ1) is 16.7. The van der Waals surface area contributed by atoms with Crippen LogP contribution in [0.2, 0.25) is 0 Å². The minimum atomic E-state index is -1.83. The number of aromatic nitrogens is 5. The normalized spacial score (nSPS) is 11.7. The number of nitrogens with zero attached hydrogens (tertiary/aromatic N) is 5. The number of aryl methyl sites for hydroxylation is 1. The zero-order chi connectivity index (χ0) is 24.7. The highest BCUT2D eigenvalue weighted by molar-refractivity contribution is 6.58. The summed E-state index contributed by atoms with van der Waals surface area (Å²) < 4.78 is 14.1. The van der Waals surface area contributed by atoms with Gasteiger partial charge >= 0.3 is 0 Å². The van der Waals surface area contributed by atoms with E-state index in [-0.39, 0.29) is 11.3 Å². The van der Waals surface area contributed by atoms with Gasteiger partial charge in [0.15, 0.2) is 5.65 Å². The van der Waals surface area contributed by atoms with Gasteiger partial charge in [-0.05, 0) is 54.7 Å². The third-order valence-corrected chi connectivity index (χ3v) is 5.25. The molecule has 0 aliphatic heterocycles. The van der Waals surface area contributed by atoms with Crippen molar-refractivity contribution < 1.29 is 9.47 Å². The molecule has 0 atom stereocenters. The van der Waals surface area contributed by atoms with Gasteiger partial charge in [0.2, 0.25) is 5.88 Å². The molecule has 3 aromatic heterocycles. The molecular formula is C24H18B3N5O3. The van der Waals surface area contributed by atoms with E-state index in [1.54, 1.807) is 41.1 Å². The zero-order valence-corrected chi connectivity index (χ0v) is 19.2. The standard InChI is InChI=1S/C24H18B3N5O3/c1-3-34-20-11-10-19-22(29-20)32(16-5-7-17(8-6-16)35-24(25,26)27)23(33)21(28-19)14-4-9-18-15(12-14)13-31(2)30-18/h4-13H,3H2,1-2H3. The third kappa shape index (κ3) is 4.54. The van der Waals surface area contributed by atoms with Gasteiger partial charge in [-0.2, -0.15) is 10.1 Å². The van der Waals surface area contributed by atoms with Crippen LogP contribution < -0.4 is 15.0 Å². The van der Waals surface area contributed by atoms with Crippen LogP contribution in [0, 0.1) is 0 Å². The first-order valence-corrected chi connectivity index (χ1v) is 10.9. The maximum absolute atomic E-state index is 13.8. The Morgan fingerprint density at radius 2 is 1.71 bits per heavy atom. The largest absolute Gasteiger partial charge is 0.516 e. The van der Waals surface area contributed by atoms with Crippen molar-refractivity contribution in [3.05, 3.63) is 71.1 Å². The van der Waals surface area contributed by atoms with E-state index in [4.69, 9.17) is 33.0 Å². The molecule has 0 aliphatic rings. The van der Waals surface area contributed by atoms with Crippen LogP contribution in [0.25, 0.3) is 39.0 Å². The Labute approximate surface area is 205 Å². The van der Waals surface area contributed by atoms with Crippen LogP contribution in [0.4, 0.5) is 0 Å². The molecule has 0 unspecified atom stereocenters. The molecule has 35 heavy (non-hydrogen) atoms. The number of hydrogen-bond acceptors (Lipinski definition) is 6. The SMILES string of the molecule is [B]C([B])([B])Oc1ccc(-n2c(=O)c(-c3ccc4nn(C)cc4c3)nc3ccc(OCC)nc32)cc1. The molecular weight excluding hydrogens is 439 g/mol. The van der Waals surface area contributed by atoms with Crippen LogP contribution in [0.5, 0.6) is 11.6 Å². The van der Waals surface area contributed by atoms with Crippen molar-refractivity contribution in [1.29, 1.82) is 0 Å². The zero-order valence-electron chi connectivity index (χ0n) is 19.2. The lowest BCUT2D eigenvalue weighted by Crippen LogP contribution is -2.37. The van der Waals surface area contributed by atoms with Crippen molar-refractivity contribution in [2.45, 2.75) is 12.2 Å². The van der Waals surface area contributed by atoms with Gasteiger partial charge in [-0.25, -0.2) is 4.98 Å². The number of pyridine rings is 1. The topological polar surface area (TPSA) is 84.1 Å². The smallest absolute Gasteiger partial charge is 0.283 e. The Balaban J connectivity index is 1.72. The fourth-order valence-electron chi connectivity index (χ4n) is 3.87. The fourth-order valence-corrected chi connectivity index (χ4v) is 3.87. The maximum atomic E-state index is 13.8. The second kappa shape index (κ2) is 8.65. The van der Waals surface area contributed by atoms with E-state index < -0.39 is 5.30 Å². The van der Waals surface area contributed by atoms with Gasteiger partial charge in [-0.15, -0.1) is 0 Å². The molecule has 6 radical (unpaired) electrons. The summed E-state index contributed by atoms with van der Waals surface area (Å²) in [5.74, 6) is 0.733. The molecule has 0 bridgehead atoms. The van der Waals surface area contributed by atoms with Gasteiger partial charge in [-0.1, -0.05) is 6.07 Å². The second-order valence-corrected chi connectivity index (χ2v) is 8.05. The van der Waals surface area contributed by atoms with Gasteiger partial charge in [-0.3, -0.25) is 14.0 Å². The molecule has 0 saturated heterocycles. The Morgan fingerprint density at radius 3 is 2.43 bits per heavy atom. The summed E-state index contributed by atoms with van der Waals surface area (Å²) in [4.78, 5) is 23.0. The fraction of sp³-hybridized carbons (Fsp3) is 0.167. The molecule has 0 N–H and O–H groups in total. The number of ether oxygens (including phenoxy) is 2. The molecule has 8 nitrogen and oxygen atoms in total. The van der Waals surface area contributed by atoms with E-state index in [0.29, 0.717) is 40.7 Å². The molecule has 0 fully saturated rings. The van der Waals surface area contributed by atoms with E-state index in [2.05, 4.69) is 15.1 Å². The van der Waals surface area contributed by atoms with Crippen molar-refractivity contribution in [2.75, 3.05) is 6.61 Å². The lowest BCUT2D eigenvalue weighted by Gasteiger charge is -2.23. The predicted octanol–water partition coefficient (Wildman–Crippen LogP) is 2.23. The van der Waals surface area contributed by atoms with Crippen LogP contribution in [0.15, 0.2) is 65.6 Å². The Kier molecular flexibility index (Phi) is 5.63. The van der Waals surface area contributed by atoms with Crippen LogP contribution in [0.1, 0.15) is 6.92 Å². The van der Waals surface area contributed by atoms with Gasteiger partial charge < -0.3 is 9.47 Å². The summed E-state index contributed by atoms with van der Waals surface area (Å²) in [6.07, 6.45) is 1.89. The van der Waals surface area contributed by atoms with E-state index in [9.17, 15) is 4.79 Å². The average molecular weight is 457 g/mol.